The van der Waals surface area contributed by atoms with Gasteiger partial charge in [0.05, 0.1) is 11.8 Å². The summed E-state index contributed by atoms with van der Waals surface area (Å²) in [4.78, 5) is 15.1. The molecule has 2 aliphatic rings. The van der Waals surface area contributed by atoms with E-state index in [2.05, 4.69) is 22.5 Å². The van der Waals surface area contributed by atoms with Crippen LogP contribution in [0.15, 0.2) is 65.9 Å². The van der Waals surface area contributed by atoms with Crippen LogP contribution in [0.2, 0.25) is 0 Å². The van der Waals surface area contributed by atoms with Crippen LogP contribution < -0.4 is 16.4 Å². The second-order valence-corrected chi connectivity index (χ2v) is 8.50. The van der Waals surface area contributed by atoms with Crippen LogP contribution in [-0.4, -0.2) is 35.1 Å². The normalized spacial score (nSPS) is 19.2. The van der Waals surface area contributed by atoms with Crippen molar-refractivity contribution in [2.75, 3.05) is 29.5 Å². The number of hydrogen-bond acceptors (Lipinski definition) is 5. The van der Waals surface area contributed by atoms with Gasteiger partial charge in [-0.1, -0.05) is 13.0 Å². The predicted octanol–water partition coefficient (Wildman–Crippen LogP) is 4.40. The number of amides is 1. The second kappa shape index (κ2) is 9.44. The SMILES string of the molecule is CC1CC(C(=O)Nc2ccc(Nc3ccc(N)cc3F)cc2)=CC=C1N1CCC(O)CC1. The van der Waals surface area contributed by atoms with E-state index in [4.69, 9.17) is 5.73 Å². The molecular formula is C25H29FN4O2. The number of nitrogen functional groups attached to an aromatic ring is 1. The van der Waals surface area contributed by atoms with E-state index >= 15 is 0 Å². The minimum atomic E-state index is -0.422. The first kappa shape index (κ1) is 21.9. The Balaban J connectivity index is 1.37. The van der Waals surface area contributed by atoms with Crippen molar-refractivity contribution in [1.29, 1.82) is 0 Å². The standard InChI is InChI=1S/C25H29FN4O2/c1-16-14-17(2-9-24(16)30-12-10-21(31)11-13-30)25(32)29-20-6-4-19(5-7-20)28-23-8-3-18(27)15-22(23)26/h2-9,15-16,21,28,31H,10-14,27H2,1H3,(H,29,32). The molecule has 2 aromatic rings. The van der Waals surface area contributed by atoms with Crippen LogP contribution in [0.4, 0.5) is 27.1 Å². The first-order valence-corrected chi connectivity index (χ1v) is 11.0. The number of carbonyl (C=O) groups excluding carboxylic acids is 1. The van der Waals surface area contributed by atoms with E-state index in [-0.39, 0.29) is 17.9 Å². The number of piperidine rings is 1. The maximum absolute atomic E-state index is 14.0. The fourth-order valence-electron chi connectivity index (χ4n) is 4.20. The molecule has 5 N–H and O–H groups in total. The zero-order valence-electron chi connectivity index (χ0n) is 18.1. The smallest absolute Gasteiger partial charge is 0.251 e. The quantitative estimate of drug-likeness (QED) is 0.522. The summed E-state index contributed by atoms with van der Waals surface area (Å²) >= 11 is 0. The van der Waals surface area contributed by atoms with Crippen LogP contribution >= 0.6 is 0 Å². The molecule has 0 spiro atoms. The highest BCUT2D eigenvalue weighted by molar-refractivity contribution is 6.04. The van der Waals surface area contributed by atoms with Gasteiger partial charge < -0.3 is 26.4 Å². The molecule has 0 radical (unpaired) electrons. The van der Waals surface area contributed by atoms with Gasteiger partial charge >= 0.3 is 0 Å². The number of allylic oxidation sites excluding steroid dienone is 3. The third-order valence-corrected chi connectivity index (χ3v) is 6.02. The number of likely N-dealkylation sites (tertiary alicyclic amines) is 1. The summed E-state index contributed by atoms with van der Waals surface area (Å²) in [5.74, 6) is -0.294. The average molecular weight is 437 g/mol. The highest BCUT2D eigenvalue weighted by atomic mass is 19.1. The number of nitrogens with one attached hydrogen (secondary N) is 2. The first-order valence-electron chi connectivity index (χ1n) is 11.0. The van der Waals surface area contributed by atoms with Crippen LogP contribution in [0.3, 0.4) is 0 Å². The van der Waals surface area contributed by atoms with Gasteiger partial charge in [0.25, 0.3) is 5.91 Å². The Bertz CT molecular complexity index is 1040. The molecule has 2 aromatic carbocycles. The lowest BCUT2D eigenvalue weighted by Crippen LogP contribution is -2.37. The van der Waals surface area contributed by atoms with Crippen LogP contribution in [0.25, 0.3) is 0 Å². The number of hydrogen-bond donors (Lipinski definition) is 4. The van der Waals surface area contributed by atoms with Gasteiger partial charge in [-0.05, 0) is 67.8 Å². The van der Waals surface area contributed by atoms with Gasteiger partial charge in [0.1, 0.15) is 5.82 Å². The highest BCUT2D eigenvalue weighted by Crippen LogP contribution is 2.30. The van der Waals surface area contributed by atoms with Crippen molar-refractivity contribution >= 4 is 28.7 Å². The van der Waals surface area contributed by atoms with E-state index in [0.717, 1.165) is 31.5 Å². The van der Waals surface area contributed by atoms with Gasteiger partial charge in [0.15, 0.2) is 0 Å². The maximum atomic E-state index is 14.0. The van der Waals surface area contributed by atoms with Crippen molar-refractivity contribution < 1.29 is 14.3 Å². The van der Waals surface area contributed by atoms with Gasteiger partial charge in [-0.2, -0.15) is 0 Å². The molecule has 1 atom stereocenters. The summed E-state index contributed by atoms with van der Waals surface area (Å²) in [6.45, 7) is 3.84. The molecule has 0 aromatic heterocycles. The van der Waals surface area contributed by atoms with Gasteiger partial charge in [-0.3, -0.25) is 4.79 Å². The molecule has 1 fully saturated rings. The second-order valence-electron chi connectivity index (χ2n) is 8.50. The molecule has 1 saturated heterocycles. The van der Waals surface area contributed by atoms with Gasteiger partial charge in [0.2, 0.25) is 0 Å². The lowest BCUT2D eigenvalue weighted by Gasteiger charge is -2.37. The summed E-state index contributed by atoms with van der Waals surface area (Å²) in [6.07, 6.45) is 5.99. The topological polar surface area (TPSA) is 90.6 Å². The van der Waals surface area contributed by atoms with E-state index < -0.39 is 5.82 Å². The monoisotopic (exact) mass is 436 g/mol. The van der Waals surface area contributed by atoms with E-state index in [1.807, 2.05) is 12.2 Å². The van der Waals surface area contributed by atoms with Crippen molar-refractivity contribution in [3.8, 4) is 0 Å². The van der Waals surface area contributed by atoms with E-state index in [1.165, 1.54) is 11.8 Å². The van der Waals surface area contributed by atoms with Crippen molar-refractivity contribution in [2.24, 2.45) is 5.92 Å². The predicted molar refractivity (Wildman–Crippen MR) is 126 cm³/mol. The first-order chi connectivity index (χ1) is 15.4. The molecular weight excluding hydrogens is 407 g/mol. The van der Waals surface area contributed by atoms with Gasteiger partial charge in [-0.25, -0.2) is 4.39 Å². The fourth-order valence-corrected chi connectivity index (χ4v) is 4.20. The summed E-state index contributed by atoms with van der Waals surface area (Å²) in [5.41, 5.74) is 9.64. The number of aliphatic hydroxyl groups is 1. The Hall–Kier alpha value is -3.32. The third kappa shape index (κ3) is 5.11. The van der Waals surface area contributed by atoms with Crippen molar-refractivity contribution in [1.82, 2.24) is 4.90 Å². The Labute approximate surface area is 187 Å². The number of rotatable bonds is 5. The minimum absolute atomic E-state index is 0.119. The summed E-state index contributed by atoms with van der Waals surface area (Å²) in [7, 11) is 0. The van der Waals surface area contributed by atoms with E-state index in [1.54, 1.807) is 36.4 Å². The van der Waals surface area contributed by atoms with E-state index in [9.17, 15) is 14.3 Å². The summed E-state index contributed by atoms with van der Waals surface area (Å²) in [6, 6.07) is 11.6. The van der Waals surface area contributed by atoms with Gasteiger partial charge in [0, 0.05) is 47.3 Å². The summed E-state index contributed by atoms with van der Waals surface area (Å²) < 4.78 is 14.0. The van der Waals surface area contributed by atoms with E-state index in [0.29, 0.717) is 29.2 Å². The number of nitrogens with two attached hydrogens (primary N) is 1. The molecule has 1 unspecified atom stereocenters. The lowest BCUT2D eigenvalue weighted by molar-refractivity contribution is -0.113. The Morgan fingerprint density at radius 2 is 1.78 bits per heavy atom. The molecule has 32 heavy (non-hydrogen) atoms. The largest absolute Gasteiger partial charge is 0.399 e. The number of nitrogens with zero attached hydrogens (tertiary/aromatic N) is 1. The zero-order valence-corrected chi connectivity index (χ0v) is 18.1. The average Bonchev–Trinajstić information content (AvgIpc) is 2.77. The molecule has 7 heteroatoms. The zero-order chi connectivity index (χ0) is 22.7. The highest BCUT2D eigenvalue weighted by Gasteiger charge is 2.26. The molecule has 0 saturated carbocycles. The van der Waals surface area contributed by atoms with Crippen LogP contribution in [-0.2, 0) is 4.79 Å². The molecule has 1 aliphatic carbocycles. The molecule has 4 rings (SSSR count). The summed E-state index contributed by atoms with van der Waals surface area (Å²) in [5, 5.41) is 15.7. The Kier molecular flexibility index (Phi) is 6.46. The van der Waals surface area contributed by atoms with Crippen LogP contribution in [0.5, 0.6) is 0 Å². The third-order valence-electron chi connectivity index (χ3n) is 6.02. The number of halogens is 1. The van der Waals surface area contributed by atoms with Crippen molar-refractivity contribution in [2.45, 2.75) is 32.3 Å². The van der Waals surface area contributed by atoms with Crippen molar-refractivity contribution in [3.05, 3.63) is 71.7 Å². The van der Waals surface area contributed by atoms with Gasteiger partial charge in [-0.15, -0.1) is 0 Å². The molecule has 168 valence electrons. The minimum Gasteiger partial charge on any atom is -0.399 e. The maximum Gasteiger partial charge on any atom is 0.251 e. The van der Waals surface area contributed by atoms with Crippen LogP contribution in [0, 0.1) is 11.7 Å². The molecule has 6 nitrogen and oxygen atoms in total. The lowest BCUT2D eigenvalue weighted by atomic mass is 9.90. The number of aliphatic hydroxyl groups excluding tert-OH is 1. The molecule has 1 amide bonds. The molecule has 1 heterocycles. The number of anilines is 4. The number of benzene rings is 2. The van der Waals surface area contributed by atoms with Crippen LogP contribution in [0.1, 0.15) is 26.2 Å². The molecule has 1 aliphatic heterocycles. The number of carbonyl (C=O) groups is 1. The Morgan fingerprint density at radius 3 is 2.44 bits per heavy atom. The Morgan fingerprint density at radius 1 is 1.09 bits per heavy atom. The van der Waals surface area contributed by atoms with Crippen molar-refractivity contribution in [3.63, 3.8) is 0 Å². The molecule has 0 bridgehead atoms. The fraction of sp³-hybridized carbons (Fsp3) is 0.320.